The highest BCUT2D eigenvalue weighted by molar-refractivity contribution is 7.89. The normalized spacial score (nSPS) is 16.5. The minimum Gasteiger partial charge on any atom is -0.483 e. The van der Waals surface area contributed by atoms with Crippen molar-refractivity contribution in [3.63, 3.8) is 0 Å². The van der Waals surface area contributed by atoms with Gasteiger partial charge in [0.05, 0.1) is 4.90 Å². The maximum absolute atomic E-state index is 12.7. The SMILES string of the molecule is Cc1cc(S(=O)(=O)N(C)C)ccc1OCC(=O)N1c2ccccc2C[C@H]1C. The molecule has 7 heteroatoms. The Balaban J connectivity index is 1.73. The van der Waals surface area contributed by atoms with E-state index in [0.717, 1.165) is 22.0 Å². The number of hydrogen-bond acceptors (Lipinski definition) is 4. The van der Waals surface area contributed by atoms with E-state index in [0.29, 0.717) is 11.3 Å². The standard InChI is InChI=1S/C20H24N2O4S/c1-14-11-17(27(24,25)21(3)4)9-10-19(14)26-13-20(23)22-15(2)12-16-7-5-6-8-18(16)22/h5-11,15H,12-13H2,1-4H3/t15-/m1/s1. The molecule has 0 saturated heterocycles. The third-order valence-corrected chi connectivity index (χ3v) is 6.56. The van der Waals surface area contributed by atoms with Crippen LogP contribution in [-0.4, -0.2) is 45.4 Å². The van der Waals surface area contributed by atoms with Crippen molar-refractivity contribution in [3.05, 3.63) is 53.6 Å². The Morgan fingerprint density at radius 3 is 2.59 bits per heavy atom. The molecular formula is C20H24N2O4S. The molecule has 1 heterocycles. The van der Waals surface area contributed by atoms with Gasteiger partial charge in [-0.3, -0.25) is 4.79 Å². The van der Waals surface area contributed by atoms with Crippen LogP contribution in [0.2, 0.25) is 0 Å². The molecule has 1 atom stereocenters. The molecule has 0 N–H and O–H groups in total. The van der Waals surface area contributed by atoms with Gasteiger partial charge in [-0.1, -0.05) is 18.2 Å². The monoisotopic (exact) mass is 388 g/mol. The van der Waals surface area contributed by atoms with Crippen LogP contribution < -0.4 is 9.64 Å². The topological polar surface area (TPSA) is 66.9 Å². The van der Waals surface area contributed by atoms with E-state index in [2.05, 4.69) is 0 Å². The van der Waals surface area contributed by atoms with Crippen LogP contribution in [0.1, 0.15) is 18.1 Å². The van der Waals surface area contributed by atoms with Crippen LogP contribution in [0.5, 0.6) is 5.75 Å². The van der Waals surface area contributed by atoms with E-state index < -0.39 is 10.0 Å². The Bertz CT molecular complexity index is 970. The lowest BCUT2D eigenvalue weighted by molar-refractivity contribution is -0.120. The van der Waals surface area contributed by atoms with Gasteiger partial charge in [0.15, 0.2) is 6.61 Å². The summed E-state index contributed by atoms with van der Waals surface area (Å²) in [5.74, 6) is 0.387. The Hall–Kier alpha value is -2.38. The number of fused-ring (bicyclic) bond motifs is 1. The molecule has 2 aromatic carbocycles. The number of amides is 1. The van der Waals surface area contributed by atoms with Gasteiger partial charge in [0.1, 0.15) is 5.75 Å². The summed E-state index contributed by atoms with van der Waals surface area (Å²) in [6.07, 6.45) is 0.831. The fourth-order valence-electron chi connectivity index (χ4n) is 3.31. The summed E-state index contributed by atoms with van der Waals surface area (Å²) in [5.41, 5.74) is 2.76. The molecule has 0 bridgehead atoms. The quantitative estimate of drug-likeness (QED) is 0.790. The minimum absolute atomic E-state index is 0.0900. The number of benzene rings is 2. The van der Waals surface area contributed by atoms with Crippen molar-refractivity contribution in [1.29, 1.82) is 0 Å². The molecule has 0 unspecified atom stereocenters. The number of carbonyl (C=O) groups is 1. The molecule has 144 valence electrons. The zero-order chi connectivity index (χ0) is 19.8. The zero-order valence-electron chi connectivity index (χ0n) is 16.0. The number of para-hydroxylation sites is 1. The average molecular weight is 388 g/mol. The van der Waals surface area contributed by atoms with E-state index in [9.17, 15) is 13.2 Å². The van der Waals surface area contributed by atoms with Crippen LogP contribution in [0.15, 0.2) is 47.4 Å². The van der Waals surface area contributed by atoms with Crippen LogP contribution in [0, 0.1) is 6.92 Å². The van der Waals surface area contributed by atoms with Gasteiger partial charge in [-0.2, -0.15) is 0 Å². The van der Waals surface area contributed by atoms with E-state index >= 15 is 0 Å². The molecule has 1 aliphatic rings. The fraction of sp³-hybridized carbons (Fsp3) is 0.350. The molecule has 0 aliphatic carbocycles. The van der Waals surface area contributed by atoms with Crippen molar-refractivity contribution in [3.8, 4) is 5.75 Å². The van der Waals surface area contributed by atoms with E-state index in [1.807, 2.05) is 31.2 Å². The van der Waals surface area contributed by atoms with E-state index in [1.54, 1.807) is 24.0 Å². The van der Waals surface area contributed by atoms with Gasteiger partial charge in [-0.25, -0.2) is 12.7 Å². The summed E-state index contributed by atoms with van der Waals surface area (Å²) >= 11 is 0. The maximum Gasteiger partial charge on any atom is 0.265 e. The lowest BCUT2D eigenvalue weighted by Crippen LogP contribution is -2.39. The first kappa shape index (κ1) is 19.4. The Labute approximate surface area is 160 Å². The first-order valence-electron chi connectivity index (χ1n) is 8.77. The lowest BCUT2D eigenvalue weighted by atomic mass is 10.1. The molecular weight excluding hydrogens is 364 g/mol. The van der Waals surface area contributed by atoms with E-state index in [4.69, 9.17) is 4.74 Å². The molecule has 6 nitrogen and oxygen atoms in total. The van der Waals surface area contributed by atoms with Crippen LogP contribution in [0.4, 0.5) is 5.69 Å². The second kappa shape index (κ2) is 7.32. The fourth-order valence-corrected chi connectivity index (χ4v) is 4.30. The van der Waals surface area contributed by atoms with Crippen LogP contribution in [-0.2, 0) is 21.2 Å². The molecule has 0 aromatic heterocycles. The number of aryl methyl sites for hydroxylation is 1. The minimum atomic E-state index is -3.50. The van der Waals surface area contributed by atoms with Crippen molar-refractivity contribution < 1.29 is 17.9 Å². The van der Waals surface area contributed by atoms with Crippen molar-refractivity contribution in [2.45, 2.75) is 31.2 Å². The number of ether oxygens (including phenoxy) is 1. The first-order valence-corrected chi connectivity index (χ1v) is 10.2. The summed E-state index contributed by atoms with van der Waals surface area (Å²) < 4.78 is 31.3. The van der Waals surface area contributed by atoms with Gasteiger partial charge in [0.25, 0.3) is 5.91 Å². The molecule has 0 radical (unpaired) electrons. The number of rotatable bonds is 5. The Morgan fingerprint density at radius 1 is 1.22 bits per heavy atom. The molecule has 0 fully saturated rings. The molecule has 1 amide bonds. The lowest BCUT2D eigenvalue weighted by Gasteiger charge is -2.23. The second-order valence-electron chi connectivity index (χ2n) is 6.95. The molecule has 27 heavy (non-hydrogen) atoms. The van der Waals surface area contributed by atoms with Crippen molar-refractivity contribution >= 4 is 21.6 Å². The highest BCUT2D eigenvalue weighted by Crippen LogP contribution is 2.32. The van der Waals surface area contributed by atoms with Crippen LogP contribution in [0.3, 0.4) is 0 Å². The van der Waals surface area contributed by atoms with Gasteiger partial charge in [-0.05, 0) is 55.7 Å². The predicted octanol–water partition coefficient (Wildman–Crippen LogP) is 2.60. The summed E-state index contributed by atoms with van der Waals surface area (Å²) in [6, 6.07) is 12.6. The highest BCUT2D eigenvalue weighted by Gasteiger charge is 2.30. The smallest absolute Gasteiger partial charge is 0.265 e. The Morgan fingerprint density at radius 2 is 1.93 bits per heavy atom. The van der Waals surface area contributed by atoms with Crippen molar-refractivity contribution in [1.82, 2.24) is 4.31 Å². The van der Waals surface area contributed by atoms with Gasteiger partial charge >= 0.3 is 0 Å². The number of anilines is 1. The highest BCUT2D eigenvalue weighted by atomic mass is 32.2. The summed E-state index contributed by atoms with van der Waals surface area (Å²) in [4.78, 5) is 14.7. The van der Waals surface area contributed by atoms with Gasteiger partial charge < -0.3 is 9.64 Å². The van der Waals surface area contributed by atoms with Crippen LogP contribution in [0.25, 0.3) is 0 Å². The van der Waals surface area contributed by atoms with Gasteiger partial charge in [0, 0.05) is 25.8 Å². The third kappa shape index (κ3) is 3.70. The summed E-state index contributed by atoms with van der Waals surface area (Å²) in [6.45, 7) is 3.69. The molecule has 0 spiro atoms. The zero-order valence-corrected chi connectivity index (χ0v) is 16.8. The Kier molecular flexibility index (Phi) is 5.26. The predicted molar refractivity (Wildman–Crippen MR) is 105 cm³/mol. The maximum atomic E-state index is 12.7. The molecule has 0 saturated carbocycles. The molecule has 1 aliphatic heterocycles. The molecule has 3 rings (SSSR count). The van der Waals surface area contributed by atoms with Crippen molar-refractivity contribution in [2.24, 2.45) is 0 Å². The third-order valence-electron chi connectivity index (χ3n) is 4.75. The second-order valence-corrected chi connectivity index (χ2v) is 9.10. The van der Waals surface area contributed by atoms with Gasteiger partial charge in [0.2, 0.25) is 10.0 Å². The average Bonchev–Trinajstić information content (AvgIpc) is 2.95. The number of nitrogens with zero attached hydrogens (tertiary/aromatic N) is 2. The number of carbonyl (C=O) groups excluding carboxylic acids is 1. The summed E-state index contributed by atoms with van der Waals surface area (Å²) in [7, 11) is -0.521. The van der Waals surface area contributed by atoms with Crippen molar-refractivity contribution in [2.75, 3.05) is 25.6 Å². The van der Waals surface area contributed by atoms with Gasteiger partial charge in [-0.15, -0.1) is 0 Å². The number of hydrogen-bond donors (Lipinski definition) is 0. The number of sulfonamides is 1. The first-order chi connectivity index (χ1) is 12.7. The largest absolute Gasteiger partial charge is 0.483 e. The van der Waals surface area contributed by atoms with Crippen LogP contribution >= 0.6 is 0 Å². The summed E-state index contributed by atoms with van der Waals surface area (Å²) in [5, 5.41) is 0. The van der Waals surface area contributed by atoms with E-state index in [1.165, 1.54) is 20.2 Å². The van der Waals surface area contributed by atoms with E-state index in [-0.39, 0.29) is 23.5 Å². The molecule has 2 aromatic rings.